The molecular weight excluding hydrogens is 321 g/mol. The zero-order valence-electron chi connectivity index (χ0n) is 13.9. The van der Waals surface area contributed by atoms with Crippen LogP contribution in [-0.2, 0) is 11.3 Å². The normalized spacial score (nSPS) is 13.2. The van der Waals surface area contributed by atoms with Crippen molar-refractivity contribution in [2.24, 2.45) is 0 Å². The molecule has 3 amide bonds. The molecule has 1 aliphatic carbocycles. The number of hydrogen-bond donors (Lipinski definition) is 3. The van der Waals surface area contributed by atoms with E-state index in [-0.39, 0.29) is 11.6 Å². The number of nitrogens with one attached hydrogen (secondary N) is 3. The van der Waals surface area contributed by atoms with Crippen LogP contribution in [0.1, 0.15) is 36.8 Å². The number of halogens is 1. The highest BCUT2D eigenvalue weighted by Gasteiger charge is 2.22. The fraction of sp³-hybridized carbons (Fsp3) is 0.263. The molecule has 130 valence electrons. The van der Waals surface area contributed by atoms with E-state index in [4.69, 9.17) is 0 Å². The topological polar surface area (TPSA) is 70.2 Å². The van der Waals surface area contributed by atoms with Gasteiger partial charge >= 0.3 is 6.03 Å². The fourth-order valence-electron chi connectivity index (χ4n) is 2.57. The third-order valence-electron chi connectivity index (χ3n) is 4.02. The van der Waals surface area contributed by atoms with Gasteiger partial charge in [0.25, 0.3) is 0 Å². The Labute approximate surface area is 145 Å². The maximum atomic E-state index is 13.6. The summed E-state index contributed by atoms with van der Waals surface area (Å²) in [4.78, 5) is 23.0. The summed E-state index contributed by atoms with van der Waals surface area (Å²) in [7, 11) is 0. The highest BCUT2D eigenvalue weighted by Crippen LogP contribution is 2.39. The van der Waals surface area contributed by atoms with Crippen LogP contribution in [-0.4, -0.2) is 11.9 Å². The van der Waals surface area contributed by atoms with Crippen LogP contribution in [0, 0.1) is 5.82 Å². The van der Waals surface area contributed by atoms with E-state index in [1.165, 1.54) is 43.5 Å². The molecule has 0 heterocycles. The molecule has 1 fully saturated rings. The lowest BCUT2D eigenvalue weighted by molar-refractivity contribution is -0.114. The number of hydrogen-bond acceptors (Lipinski definition) is 2. The Morgan fingerprint density at radius 1 is 1.08 bits per heavy atom. The largest absolute Gasteiger partial charge is 0.334 e. The minimum atomic E-state index is -0.558. The van der Waals surface area contributed by atoms with E-state index in [1.54, 1.807) is 0 Å². The molecule has 3 N–H and O–H groups in total. The number of amides is 3. The Bertz CT molecular complexity index is 786. The first-order valence-corrected chi connectivity index (χ1v) is 8.22. The van der Waals surface area contributed by atoms with Crippen LogP contribution < -0.4 is 16.0 Å². The second-order valence-electron chi connectivity index (χ2n) is 6.20. The number of rotatable bonds is 5. The van der Waals surface area contributed by atoms with E-state index in [0.29, 0.717) is 18.2 Å². The second-order valence-corrected chi connectivity index (χ2v) is 6.20. The Kier molecular flexibility index (Phi) is 4.97. The van der Waals surface area contributed by atoms with Gasteiger partial charge in [0.1, 0.15) is 5.82 Å². The zero-order chi connectivity index (χ0) is 17.8. The van der Waals surface area contributed by atoms with E-state index >= 15 is 0 Å². The van der Waals surface area contributed by atoms with Gasteiger partial charge in [0.05, 0.1) is 5.69 Å². The molecule has 0 bridgehead atoms. The molecule has 0 unspecified atom stereocenters. The molecule has 0 spiro atoms. The van der Waals surface area contributed by atoms with Crippen molar-refractivity contribution in [2.75, 3.05) is 10.6 Å². The van der Waals surface area contributed by atoms with Crippen LogP contribution in [0.2, 0.25) is 0 Å². The Balaban J connectivity index is 1.54. The highest BCUT2D eigenvalue weighted by molar-refractivity contribution is 5.92. The molecular formula is C19H20FN3O2. The lowest BCUT2D eigenvalue weighted by Crippen LogP contribution is -2.28. The van der Waals surface area contributed by atoms with Crippen LogP contribution in [0.5, 0.6) is 0 Å². The van der Waals surface area contributed by atoms with Crippen LogP contribution in [0.15, 0.2) is 42.5 Å². The van der Waals surface area contributed by atoms with Gasteiger partial charge in [-0.1, -0.05) is 24.3 Å². The second kappa shape index (κ2) is 7.34. The predicted octanol–water partition coefficient (Wildman–Crippen LogP) is 3.98. The summed E-state index contributed by atoms with van der Waals surface area (Å²) in [5, 5.41) is 7.76. The molecule has 25 heavy (non-hydrogen) atoms. The predicted molar refractivity (Wildman–Crippen MR) is 95.0 cm³/mol. The molecule has 3 rings (SSSR count). The first kappa shape index (κ1) is 17.0. The summed E-state index contributed by atoms with van der Waals surface area (Å²) in [6.07, 6.45) is 2.52. The summed E-state index contributed by atoms with van der Waals surface area (Å²) >= 11 is 0. The van der Waals surface area contributed by atoms with E-state index < -0.39 is 11.8 Å². The van der Waals surface area contributed by atoms with Crippen molar-refractivity contribution in [1.29, 1.82) is 0 Å². The van der Waals surface area contributed by atoms with Crippen LogP contribution in [0.25, 0.3) is 0 Å². The molecule has 0 radical (unpaired) electrons. The van der Waals surface area contributed by atoms with Crippen LogP contribution in [0.4, 0.5) is 20.6 Å². The first-order chi connectivity index (χ1) is 12.0. The van der Waals surface area contributed by atoms with E-state index in [0.717, 1.165) is 5.56 Å². The van der Waals surface area contributed by atoms with Gasteiger partial charge in [0, 0.05) is 19.2 Å². The number of carbonyl (C=O) groups is 2. The highest BCUT2D eigenvalue weighted by atomic mass is 19.1. The van der Waals surface area contributed by atoms with E-state index in [9.17, 15) is 14.0 Å². The van der Waals surface area contributed by atoms with Gasteiger partial charge in [-0.25, -0.2) is 9.18 Å². The van der Waals surface area contributed by atoms with Gasteiger partial charge in [0.15, 0.2) is 0 Å². The molecule has 2 aromatic carbocycles. The van der Waals surface area contributed by atoms with Crippen LogP contribution in [0.3, 0.4) is 0 Å². The van der Waals surface area contributed by atoms with Crippen molar-refractivity contribution in [3.05, 3.63) is 59.4 Å². The van der Waals surface area contributed by atoms with Gasteiger partial charge < -0.3 is 16.0 Å². The quantitative estimate of drug-likeness (QED) is 0.770. The summed E-state index contributed by atoms with van der Waals surface area (Å²) in [6.45, 7) is 1.69. The lowest BCUT2D eigenvalue weighted by atomic mass is 10.1. The van der Waals surface area contributed by atoms with Crippen molar-refractivity contribution >= 4 is 23.3 Å². The van der Waals surface area contributed by atoms with Crippen molar-refractivity contribution in [3.63, 3.8) is 0 Å². The van der Waals surface area contributed by atoms with Crippen LogP contribution >= 0.6 is 0 Å². The lowest BCUT2D eigenvalue weighted by Gasteiger charge is -2.10. The molecule has 0 aromatic heterocycles. The Morgan fingerprint density at radius 2 is 1.80 bits per heavy atom. The standard InChI is InChI=1S/C19H20FN3O2/c1-12(24)22-18-10-16(8-9-17(18)20)23-19(25)21-11-13-2-4-14(5-3-13)15-6-7-15/h2-5,8-10,15H,6-7,11H2,1H3,(H,22,24)(H2,21,23,25). The van der Waals surface area contributed by atoms with E-state index in [2.05, 4.69) is 28.1 Å². The van der Waals surface area contributed by atoms with Gasteiger partial charge in [-0.3, -0.25) is 4.79 Å². The maximum Gasteiger partial charge on any atom is 0.319 e. The molecule has 1 saturated carbocycles. The molecule has 2 aromatic rings. The first-order valence-electron chi connectivity index (χ1n) is 8.22. The number of urea groups is 1. The van der Waals surface area contributed by atoms with Crippen molar-refractivity contribution < 1.29 is 14.0 Å². The van der Waals surface area contributed by atoms with Crippen molar-refractivity contribution in [1.82, 2.24) is 5.32 Å². The van der Waals surface area contributed by atoms with Crippen molar-refractivity contribution in [3.8, 4) is 0 Å². The Morgan fingerprint density at radius 3 is 2.44 bits per heavy atom. The zero-order valence-corrected chi connectivity index (χ0v) is 13.9. The fourth-order valence-corrected chi connectivity index (χ4v) is 2.57. The van der Waals surface area contributed by atoms with E-state index in [1.807, 2.05) is 12.1 Å². The number of anilines is 2. The number of carbonyl (C=O) groups excluding carboxylic acids is 2. The van der Waals surface area contributed by atoms with Gasteiger partial charge in [0.2, 0.25) is 5.91 Å². The minimum Gasteiger partial charge on any atom is -0.334 e. The van der Waals surface area contributed by atoms with Crippen molar-refractivity contribution in [2.45, 2.75) is 32.2 Å². The Hall–Kier alpha value is -2.89. The SMILES string of the molecule is CC(=O)Nc1cc(NC(=O)NCc2ccc(C3CC3)cc2)ccc1F. The average Bonchev–Trinajstić information content (AvgIpc) is 3.41. The third kappa shape index (κ3) is 4.79. The molecule has 0 saturated heterocycles. The summed E-state index contributed by atoms with van der Waals surface area (Å²) in [5.41, 5.74) is 2.79. The molecule has 1 aliphatic rings. The number of benzene rings is 2. The molecule has 6 heteroatoms. The monoisotopic (exact) mass is 341 g/mol. The summed E-state index contributed by atoms with van der Waals surface area (Å²) in [6, 6.07) is 11.8. The minimum absolute atomic E-state index is 0.0287. The molecule has 5 nitrogen and oxygen atoms in total. The maximum absolute atomic E-state index is 13.6. The summed E-state index contributed by atoms with van der Waals surface area (Å²) < 4.78 is 13.6. The molecule has 0 atom stereocenters. The third-order valence-corrected chi connectivity index (χ3v) is 4.02. The van der Waals surface area contributed by atoms with Gasteiger partial charge in [-0.05, 0) is 48.1 Å². The average molecular weight is 341 g/mol. The molecule has 0 aliphatic heterocycles. The van der Waals surface area contributed by atoms with Gasteiger partial charge in [-0.15, -0.1) is 0 Å². The smallest absolute Gasteiger partial charge is 0.319 e. The van der Waals surface area contributed by atoms with Gasteiger partial charge in [-0.2, -0.15) is 0 Å². The summed E-state index contributed by atoms with van der Waals surface area (Å²) in [5.74, 6) is -0.228.